The van der Waals surface area contributed by atoms with E-state index in [0.29, 0.717) is 16.4 Å². The Morgan fingerprint density at radius 1 is 1.10 bits per heavy atom. The van der Waals surface area contributed by atoms with Gasteiger partial charge in [-0.25, -0.2) is 9.97 Å². The molecule has 6 heteroatoms. The summed E-state index contributed by atoms with van der Waals surface area (Å²) < 4.78 is 0.784. The molecule has 0 aliphatic carbocycles. The first-order valence-electron chi connectivity index (χ1n) is 6.16. The van der Waals surface area contributed by atoms with Crippen LogP contribution in [0.1, 0.15) is 9.67 Å². The van der Waals surface area contributed by atoms with Crippen LogP contribution < -0.4 is 5.32 Å². The summed E-state index contributed by atoms with van der Waals surface area (Å²) in [4.78, 5) is 21.2. The third-order valence-corrected chi connectivity index (χ3v) is 4.60. The van der Waals surface area contributed by atoms with E-state index < -0.39 is 0 Å². The van der Waals surface area contributed by atoms with Crippen molar-refractivity contribution in [1.29, 1.82) is 0 Å². The molecule has 104 valence electrons. The number of rotatable bonds is 3. The van der Waals surface area contributed by atoms with E-state index in [1.54, 1.807) is 12.4 Å². The second-order valence-corrected chi connectivity index (χ2v) is 5.98. The van der Waals surface area contributed by atoms with E-state index in [2.05, 4.69) is 31.2 Å². The molecular weight excluding hydrogens is 350 g/mol. The molecule has 0 saturated heterocycles. The predicted octanol–water partition coefficient (Wildman–Crippen LogP) is 4.22. The topological polar surface area (TPSA) is 54.9 Å². The number of nitrogens with zero attached hydrogens (tertiary/aromatic N) is 2. The van der Waals surface area contributed by atoms with Gasteiger partial charge in [-0.15, -0.1) is 11.3 Å². The second-order valence-electron chi connectivity index (χ2n) is 4.21. The molecule has 1 aromatic carbocycles. The quantitative estimate of drug-likeness (QED) is 0.761. The number of benzene rings is 1. The number of amides is 1. The Labute approximate surface area is 134 Å². The van der Waals surface area contributed by atoms with E-state index >= 15 is 0 Å². The van der Waals surface area contributed by atoms with Crippen LogP contribution in [0, 0.1) is 0 Å². The summed E-state index contributed by atoms with van der Waals surface area (Å²) in [6.45, 7) is 0. The molecule has 0 aliphatic heterocycles. The number of carbonyl (C=O) groups excluding carboxylic acids is 1. The van der Waals surface area contributed by atoms with Crippen molar-refractivity contribution in [2.24, 2.45) is 0 Å². The number of anilines is 1. The van der Waals surface area contributed by atoms with Gasteiger partial charge < -0.3 is 5.32 Å². The van der Waals surface area contributed by atoms with Gasteiger partial charge in [0.05, 0.1) is 18.1 Å². The number of hydrogen-bond acceptors (Lipinski definition) is 4. The molecule has 0 aliphatic rings. The lowest BCUT2D eigenvalue weighted by atomic mass is 10.2. The first-order valence-corrected chi connectivity index (χ1v) is 7.83. The highest BCUT2D eigenvalue weighted by Crippen LogP contribution is 2.23. The molecule has 0 radical (unpaired) electrons. The van der Waals surface area contributed by atoms with E-state index in [9.17, 15) is 4.79 Å². The zero-order chi connectivity index (χ0) is 14.7. The fourth-order valence-electron chi connectivity index (χ4n) is 1.77. The molecule has 0 fully saturated rings. The van der Waals surface area contributed by atoms with Crippen molar-refractivity contribution in [3.63, 3.8) is 0 Å². The zero-order valence-electron chi connectivity index (χ0n) is 10.8. The van der Waals surface area contributed by atoms with E-state index in [1.807, 2.05) is 41.8 Å². The minimum Gasteiger partial charge on any atom is -0.319 e. The Morgan fingerprint density at radius 3 is 2.43 bits per heavy atom. The third-order valence-electron chi connectivity index (χ3n) is 2.77. The molecule has 0 spiro atoms. The standard InChI is InChI=1S/C15H10BrN3OS/c16-12-6-7-21-13(12)15(20)19-11-8-17-14(18-9-11)10-4-2-1-3-5-10/h1-9H,(H,19,20). The van der Waals surface area contributed by atoms with Crippen LogP contribution in [-0.4, -0.2) is 15.9 Å². The second kappa shape index (κ2) is 6.15. The van der Waals surface area contributed by atoms with Crippen LogP contribution in [0.3, 0.4) is 0 Å². The summed E-state index contributed by atoms with van der Waals surface area (Å²) in [6, 6.07) is 11.5. The average Bonchev–Trinajstić information content (AvgIpc) is 2.95. The molecule has 3 rings (SSSR count). The Bertz CT molecular complexity index is 756. The number of aromatic nitrogens is 2. The molecule has 0 bridgehead atoms. The fourth-order valence-corrected chi connectivity index (χ4v) is 3.22. The van der Waals surface area contributed by atoms with Crippen LogP contribution >= 0.6 is 27.3 Å². The Morgan fingerprint density at radius 2 is 1.81 bits per heavy atom. The largest absolute Gasteiger partial charge is 0.319 e. The minimum atomic E-state index is -0.173. The van der Waals surface area contributed by atoms with Gasteiger partial charge in [0.15, 0.2) is 5.82 Å². The van der Waals surface area contributed by atoms with Crippen molar-refractivity contribution in [2.75, 3.05) is 5.32 Å². The summed E-state index contributed by atoms with van der Waals surface area (Å²) in [6.07, 6.45) is 3.21. The van der Waals surface area contributed by atoms with E-state index in [1.165, 1.54) is 11.3 Å². The summed E-state index contributed by atoms with van der Waals surface area (Å²) in [5.41, 5.74) is 1.51. The summed E-state index contributed by atoms with van der Waals surface area (Å²) >= 11 is 4.72. The van der Waals surface area contributed by atoms with Crippen LogP contribution in [0.5, 0.6) is 0 Å². The first kappa shape index (κ1) is 13.9. The number of nitrogens with one attached hydrogen (secondary N) is 1. The molecule has 1 amide bonds. The summed E-state index contributed by atoms with van der Waals surface area (Å²) in [7, 11) is 0. The third kappa shape index (κ3) is 3.17. The maximum atomic E-state index is 12.1. The Balaban J connectivity index is 1.76. The molecule has 4 nitrogen and oxygen atoms in total. The van der Waals surface area contributed by atoms with Gasteiger partial charge in [0.25, 0.3) is 5.91 Å². The average molecular weight is 360 g/mol. The van der Waals surface area contributed by atoms with Crippen molar-refractivity contribution in [2.45, 2.75) is 0 Å². The lowest BCUT2D eigenvalue weighted by Gasteiger charge is -2.04. The van der Waals surface area contributed by atoms with Crippen LogP contribution in [0.25, 0.3) is 11.4 Å². The predicted molar refractivity (Wildman–Crippen MR) is 87.4 cm³/mol. The highest BCUT2D eigenvalue weighted by molar-refractivity contribution is 9.10. The van der Waals surface area contributed by atoms with Gasteiger partial charge in [-0.05, 0) is 27.4 Å². The molecule has 0 atom stereocenters. The van der Waals surface area contributed by atoms with Crippen molar-refractivity contribution in [3.05, 3.63) is 63.5 Å². The fraction of sp³-hybridized carbons (Fsp3) is 0. The monoisotopic (exact) mass is 359 g/mol. The first-order chi connectivity index (χ1) is 10.2. The van der Waals surface area contributed by atoms with Crippen LogP contribution in [0.15, 0.2) is 58.6 Å². The smallest absolute Gasteiger partial charge is 0.266 e. The van der Waals surface area contributed by atoms with Crippen LogP contribution in [0.2, 0.25) is 0 Å². The number of thiophene rings is 1. The highest BCUT2D eigenvalue weighted by Gasteiger charge is 2.12. The molecule has 0 saturated carbocycles. The number of halogens is 1. The maximum Gasteiger partial charge on any atom is 0.266 e. The van der Waals surface area contributed by atoms with Crippen LogP contribution in [0.4, 0.5) is 5.69 Å². The number of carbonyl (C=O) groups is 1. The van der Waals surface area contributed by atoms with Gasteiger partial charge in [-0.3, -0.25) is 4.79 Å². The molecule has 21 heavy (non-hydrogen) atoms. The normalized spacial score (nSPS) is 10.3. The lowest BCUT2D eigenvalue weighted by Crippen LogP contribution is -2.11. The van der Waals surface area contributed by atoms with Gasteiger partial charge in [-0.1, -0.05) is 30.3 Å². The minimum absolute atomic E-state index is 0.173. The summed E-state index contributed by atoms with van der Waals surface area (Å²) in [5.74, 6) is 0.457. The molecule has 0 unspecified atom stereocenters. The molecule has 2 heterocycles. The zero-order valence-corrected chi connectivity index (χ0v) is 13.2. The van der Waals surface area contributed by atoms with Crippen molar-refractivity contribution >= 4 is 38.9 Å². The van der Waals surface area contributed by atoms with Gasteiger partial charge in [0.2, 0.25) is 0 Å². The molecule has 3 aromatic rings. The maximum absolute atomic E-state index is 12.1. The van der Waals surface area contributed by atoms with E-state index in [4.69, 9.17) is 0 Å². The van der Waals surface area contributed by atoms with Gasteiger partial charge >= 0.3 is 0 Å². The number of hydrogen-bond donors (Lipinski definition) is 1. The van der Waals surface area contributed by atoms with Crippen molar-refractivity contribution in [3.8, 4) is 11.4 Å². The van der Waals surface area contributed by atoms with E-state index in [-0.39, 0.29) is 5.91 Å². The van der Waals surface area contributed by atoms with Crippen LogP contribution in [-0.2, 0) is 0 Å². The lowest BCUT2D eigenvalue weighted by molar-refractivity contribution is 0.103. The van der Waals surface area contributed by atoms with E-state index in [0.717, 1.165) is 10.0 Å². The Hall–Kier alpha value is -2.05. The SMILES string of the molecule is O=C(Nc1cnc(-c2ccccc2)nc1)c1sccc1Br. The van der Waals surface area contributed by atoms with Crippen molar-refractivity contribution < 1.29 is 4.79 Å². The molecule has 1 N–H and O–H groups in total. The molecular formula is C15H10BrN3OS. The summed E-state index contributed by atoms with van der Waals surface area (Å²) in [5, 5.41) is 4.64. The van der Waals surface area contributed by atoms with Crippen molar-refractivity contribution in [1.82, 2.24) is 9.97 Å². The molecule has 2 aromatic heterocycles. The highest BCUT2D eigenvalue weighted by atomic mass is 79.9. The Kier molecular flexibility index (Phi) is 4.08. The van der Waals surface area contributed by atoms with Gasteiger partial charge in [0.1, 0.15) is 4.88 Å². The van der Waals surface area contributed by atoms with Gasteiger partial charge in [0, 0.05) is 10.0 Å². The van der Waals surface area contributed by atoms with Gasteiger partial charge in [-0.2, -0.15) is 0 Å².